The summed E-state index contributed by atoms with van der Waals surface area (Å²) in [5.41, 5.74) is 6.05. The Morgan fingerprint density at radius 2 is 1.54 bits per heavy atom. The fraction of sp³-hybridized carbons (Fsp3) is 0.160. The van der Waals surface area contributed by atoms with Crippen LogP contribution in [0.3, 0.4) is 0 Å². The largest absolute Gasteiger partial charge is 0.458 e. The molecule has 2 aromatic carbocycles. The number of aryl methyl sites for hydroxylation is 3. The number of hydrogen-bond acceptors (Lipinski definition) is 6. The van der Waals surface area contributed by atoms with Crippen molar-refractivity contribution in [1.29, 1.82) is 0 Å². The highest BCUT2D eigenvalue weighted by Crippen LogP contribution is 2.14. The number of furan rings is 1. The second-order valence-electron chi connectivity index (χ2n) is 7.71. The third-order valence-corrected chi connectivity index (χ3v) is 5.03. The van der Waals surface area contributed by atoms with Gasteiger partial charge in [0.2, 0.25) is 0 Å². The number of rotatable bonds is 6. The van der Waals surface area contributed by atoms with E-state index in [4.69, 9.17) is 4.42 Å². The Kier molecular flexibility index (Phi) is 8.12. The maximum atomic E-state index is 12.1. The first-order valence-corrected chi connectivity index (χ1v) is 10.7. The van der Waals surface area contributed by atoms with Crippen LogP contribution in [0.1, 0.15) is 28.2 Å². The summed E-state index contributed by atoms with van der Waals surface area (Å²) >= 11 is 0. The van der Waals surface area contributed by atoms with Crippen LogP contribution in [0, 0.1) is 20.8 Å². The van der Waals surface area contributed by atoms with Crippen molar-refractivity contribution in [3.63, 3.8) is 0 Å². The summed E-state index contributed by atoms with van der Waals surface area (Å²) in [6.07, 6.45) is 1.21. The Hall–Kier alpha value is -4.73. The zero-order chi connectivity index (χ0) is 25.4. The molecule has 0 spiro atoms. The molecule has 180 valence electrons. The zero-order valence-corrected chi connectivity index (χ0v) is 19.5. The molecule has 3 rings (SSSR count). The Morgan fingerprint density at radius 1 is 0.800 bits per heavy atom. The van der Waals surface area contributed by atoms with Crippen molar-refractivity contribution < 1.29 is 23.6 Å². The third-order valence-electron chi connectivity index (χ3n) is 5.03. The van der Waals surface area contributed by atoms with Crippen LogP contribution in [0.15, 0.2) is 64.1 Å². The highest BCUT2D eigenvalue weighted by Gasteiger charge is 2.15. The molecule has 10 heteroatoms. The van der Waals surface area contributed by atoms with Gasteiger partial charge in [0.25, 0.3) is 0 Å². The van der Waals surface area contributed by atoms with E-state index in [1.54, 1.807) is 49.4 Å². The van der Waals surface area contributed by atoms with E-state index in [2.05, 4.69) is 26.5 Å². The lowest BCUT2D eigenvalue weighted by Crippen LogP contribution is -2.34. The maximum Gasteiger partial charge on any atom is 0.329 e. The number of anilines is 2. The van der Waals surface area contributed by atoms with Crippen LogP contribution < -0.4 is 21.4 Å². The summed E-state index contributed by atoms with van der Waals surface area (Å²) in [5.74, 6) is -2.79. The van der Waals surface area contributed by atoms with Gasteiger partial charge in [-0.3, -0.25) is 19.2 Å². The van der Waals surface area contributed by atoms with Gasteiger partial charge in [0.1, 0.15) is 11.5 Å². The van der Waals surface area contributed by atoms with Crippen LogP contribution in [-0.2, 0) is 25.7 Å². The topological polar surface area (TPSA) is 142 Å². The number of hydrogen-bond donors (Lipinski definition) is 4. The van der Waals surface area contributed by atoms with E-state index in [-0.39, 0.29) is 12.3 Å². The quantitative estimate of drug-likeness (QED) is 0.246. The van der Waals surface area contributed by atoms with E-state index in [1.807, 2.05) is 26.0 Å². The van der Waals surface area contributed by atoms with Gasteiger partial charge in [0.15, 0.2) is 0 Å². The van der Waals surface area contributed by atoms with Gasteiger partial charge in [-0.15, -0.1) is 0 Å². The van der Waals surface area contributed by atoms with Gasteiger partial charge in [-0.25, -0.2) is 5.43 Å². The highest BCUT2D eigenvalue weighted by atomic mass is 16.3. The Balaban J connectivity index is 1.44. The summed E-state index contributed by atoms with van der Waals surface area (Å²) in [4.78, 5) is 48.0. The molecule has 0 bridgehead atoms. The molecule has 0 saturated heterocycles. The number of hydrazone groups is 1. The first kappa shape index (κ1) is 24.9. The molecule has 0 aliphatic heterocycles. The minimum atomic E-state index is -0.946. The first-order valence-electron chi connectivity index (χ1n) is 10.7. The number of benzene rings is 2. The molecular formula is C25H25N5O5. The molecule has 1 aromatic heterocycles. The zero-order valence-electron chi connectivity index (χ0n) is 19.5. The molecule has 10 nitrogen and oxygen atoms in total. The van der Waals surface area contributed by atoms with E-state index >= 15 is 0 Å². The minimum Gasteiger partial charge on any atom is -0.458 e. The third kappa shape index (κ3) is 7.13. The fourth-order valence-corrected chi connectivity index (χ4v) is 2.91. The standard InChI is InChI=1S/C25H25N5O5/c1-15-8-9-18(12-17(15)3)28-23(32)22(31)26-13-19-10-11-20(35-19)14-27-30-25(34)24(33)29-21-7-5-4-6-16(21)2/h4-12,14H,13H2,1-3H3,(H,26,31)(H,28,32)(H,29,33)(H,30,34)/b27-14+. The molecule has 0 atom stereocenters. The van der Waals surface area contributed by atoms with E-state index in [9.17, 15) is 19.2 Å². The summed E-state index contributed by atoms with van der Waals surface area (Å²) in [5, 5.41) is 11.2. The van der Waals surface area contributed by atoms with E-state index in [0.29, 0.717) is 17.1 Å². The van der Waals surface area contributed by atoms with Gasteiger partial charge in [0, 0.05) is 11.4 Å². The summed E-state index contributed by atoms with van der Waals surface area (Å²) < 4.78 is 5.47. The molecule has 4 N–H and O–H groups in total. The second-order valence-corrected chi connectivity index (χ2v) is 7.71. The lowest BCUT2D eigenvalue weighted by molar-refractivity contribution is -0.136. The van der Waals surface area contributed by atoms with Crippen LogP contribution in [0.4, 0.5) is 11.4 Å². The van der Waals surface area contributed by atoms with Gasteiger partial charge in [-0.1, -0.05) is 24.3 Å². The molecule has 0 aliphatic carbocycles. The van der Waals surface area contributed by atoms with Gasteiger partial charge < -0.3 is 20.4 Å². The van der Waals surface area contributed by atoms with Crippen molar-refractivity contribution in [2.24, 2.45) is 5.10 Å². The van der Waals surface area contributed by atoms with Crippen molar-refractivity contribution in [1.82, 2.24) is 10.7 Å². The second kappa shape index (κ2) is 11.4. The fourth-order valence-electron chi connectivity index (χ4n) is 2.91. The normalized spacial score (nSPS) is 10.6. The summed E-state index contributed by atoms with van der Waals surface area (Å²) in [6, 6.07) is 15.5. The predicted octanol–water partition coefficient (Wildman–Crippen LogP) is 2.55. The minimum absolute atomic E-state index is 0.0296. The molecule has 0 aliphatic rings. The van der Waals surface area contributed by atoms with Crippen molar-refractivity contribution >= 4 is 41.2 Å². The molecule has 0 fully saturated rings. The Labute approximate surface area is 201 Å². The van der Waals surface area contributed by atoms with Crippen molar-refractivity contribution in [3.05, 3.63) is 82.8 Å². The van der Waals surface area contributed by atoms with E-state index < -0.39 is 23.6 Å². The number of nitrogens with zero attached hydrogens (tertiary/aromatic N) is 1. The number of carbonyl (C=O) groups excluding carboxylic acids is 4. The van der Waals surface area contributed by atoms with E-state index in [1.165, 1.54) is 6.21 Å². The smallest absolute Gasteiger partial charge is 0.329 e. The molecular weight excluding hydrogens is 450 g/mol. The molecule has 1 heterocycles. The van der Waals surface area contributed by atoms with Gasteiger partial charge in [0.05, 0.1) is 12.8 Å². The average Bonchev–Trinajstić information content (AvgIpc) is 3.28. The van der Waals surface area contributed by atoms with Gasteiger partial charge in [-0.2, -0.15) is 5.10 Å². The van der Waals surface area contributed by atoms with Crippen LogP contribution in [0.5, 0.6) is 0 Å². The Morgan fingerprint density at radius 3 is 2.29 bits per heavy atom. The van der Waals surface area contributed by atoms with Crippen molar-refractivity contribution in [3.8, 4) is 0 Å². The predicted molar refractivity (Wildman–Crippen MR) is 131 cm³/mol. The first-order chi connectivity index (χ1) is 16.7. The average molecular weight is 476 g/mol. The summed E-state index contributed by atoms with van der Waals surface area (Å²) in [6.45, 7) is 5.64. The SMILES string of the molecule is Cc1ccc(NC(=O)C(=O)NCc2ccc(/C=N/NC(=O)C(=O)Nc3ccccc3C)o2)cc1C. The van der Waals surface area contributed by atoms with Crippen molar-refractivity contribution in [2.75, 3.05) is 10.6 Å². The summed E-state index contributed by atoms with van der Waals surface area (Å²) in [7, 11) is 0. The number of nitrogens with one attached hydrogen (secondary N) is 4. The molecule has 35 heavy (non-hydrogen) atoms. The van der Waals surface area contributed by atoms with Crippen LogP contribution in [-0.4, -0.2) is 29.8 Å². The molecule has 0 unspecified atom stereocenters. The number of amides is 4. The molecule has 0 saturated carbocycles. The van der Waals surface area contributed by atoms with Crippen LogP contribution >= 0.6 is 0 Å². The molecule has 3 aromatic rings. The number of carbonyl (C=O) groups is 4. The Bertz CT molecular complexity index is 1290. The lowest BCUT2D eigenvalue weighted by atomic mass is 10.1. The monoisotopic (exact) mass is 475 g/mol. The maximum absolute atomic E-state index is 12.1. The molecule has 0 radical (unpaired) electrons. The molecule has 4 amide bonds. The van der Waals surface area contributed by atoms with E-state index in [0.717, 1.165) is 16.7 Å². The van der Waals surface area contributed by atoms with Crippen LogP contribution in [0.25, 0.3) is 0 Å². The van der Waals surface area contributed by atoms with Gasteiger partial charge >= 0.3 is 23.6 Å². The van der Waals surface area contributed by atoms with Gasteiger partial charge in [-0.05, 0) is 67.8 Å². The van der Waals surface area contributed by atoms with Crippen molar-refractivity contribution in [2.45, 2.75) is 27.3 Å². The highest BCUT2D eigenvalue weighted by molar-refractivity contribution is 6.40. The number of para-hydroxylation sites is 1. The van der Waals surface area contributed by atoms with Crippen LogP contribution in [0.2, 0.25) is 0 Å². The lowest BCUT2D eigenvalue weighted by Gasteiger charge is -2.07.